The number of rotatable bonds is 6. The second kappa shape index (κ2) is 6.05. The highest BCUT2D eigenvalue weighted by molar-refractivity contribution is 6.26. The number of likely N-dealkylation sites (tertiary alicyclic amines) is 2. The van der Waals surface area contributed by atoms with Crippen molar-refractivity contribution >= 4 is 35.0 Å². The van der Waals surface area contributed by atoms with Gasteiger partial charge < -0.3 is 9.80 Å². The molecule has 2 bridgehead atoms. The summed E-state index contributed by atoms with van der Waals surface area (Å²) < 4.78 is 0. The number of amides is 2. The van der Waals surface area contributed by atoms with Crippen LogP contribution in [0.4, 0.5) is 0 Å². The Bertz CT molecular complexity index is 557. The highest BCUT2D eigenvalue weighted by Crippen LogP contribution is 2.63. The number of piperidine rings is 1. The molecule has 4 nitrogen and oxygen atoms in total. The van der Waals surface area contributed by atoms with Crippen LogP contribution in [0.1, 0.15) is 39.5 Å². The first-order valence-corrected chi connectivity index (χ1v) is 10.3. The molecule has 2 amide bonds. The van der Waals surface area contributed by atoms with E-state index in [1.54, 1.807) is 0 Å². The Morgan fingerprint density at radius 2 is 1.33 bits per heavy atom. The molecule has 134 valence electrons. The molecule has 4 rings (SSSR count). The third-order valence-electron chi connectivity index (χ3n) is 6.76. The summed E-state index contributed by atoms with van der Waals surface area (Å²) >= 11 is 13.6. The van der Waals surface area contributed by atoms with Crippen LogP contribution in [0, 0.1) is 23.7 Å². The van der Waals surface area contributed by atoms with Gasteiger partial charge >= 0.3 is 0 Å². The molecule has 2 heterocycles. The van der Waals surface area contributed by atoms with Crippen LogP contribution in [0.25, 0.3) is 0 Å². The summed E-state index contributed by atoms with van der Waals surface area (Å²) in [5.41, 5.74) is 0. The van der Waals surface area contributed by atoms with Crippen LogP contribution in [0.2, 0.25) is 0 Å². The maximum absolute atomic E-state index is 13.2. The predicted octanol–water partition coefficient (Wildman–Crippen LogP) is 2.72. The molecule has 2 saturated heterocycles. The maximum atomic E-state index is 13.2. The molecule has 0 aromatic carbocycles. The van der Waals surface area contributed by atoms with E-state index in [4.69, 9.17) is 23.2 Å². The molecule has 4 aliphatic rings. The highest BCUT2D eigenvalue weighted by atomic mass is 35.5. The number of carbonyl (C=O) groups excluding carboxylic acids is 2. The maximum Gasteiger partial charge on any atom is 0.228 e. The van der Waals surface area contributed by atoms with Crippen molar-refractivity contribution < 1.29 is 9.59 Å². The largest absolute Gasteiger partial charge is 0.338 e. The van der Waals surface area contributed by atoms with Gasteiger partial charge in [0.15, 0.2) is 0 Å². The van der Waals surface area contributed by atoms with Gasteiger partial charge in [-0.3, -0.25) is 9.59 Å². The zero-order valence-electron chi connectivity index (χ0n) is 14.3. The molecule has 6 heteroatoms. The molecule has 0 radical (unpaired) electrons. The summed E-state index contributed by atoms with van der Waals surface area (Å²) in [5, 5.41) is -0.409. The third kappa shape index (κ3) is 1.99. The number of unbranched alkanes of at least 4 members (excludes halogenated alkanes) is 2. The fraction of sp³-hybridized carbons (Fsp3) is 0.889. The van der Waals surface area contributed by atoms with Crippen molar-refractivity contribution in [1.82, 2.24) is 9.80 Å². The third-order valence-corrected chi connectivity index (χ3v) is 7.84. The van der Waals surface area contributed by atoms with E-state index in [0.717, 1.165) is 32.2 Å². The smallest absolute Gasteiger partial charge is 0.228 e. The van der Waals surface area contributed by atoms with Gasteiger partial charge in [-0.05, 0) is 24.7 Å². The summed E-state index contributed by atoms with van der Waals surface area (Å²) in [6.07, 6.45) is 4.01. The minimum absolute atomic E-state index is 0.00856. The van der Waals surface area contributed by atoms with Gasteiger partial charge in [-0.25, -0.2) is 0 Å². The van der Waals surface area contributed by atoms with E-state index in [9.17, 15) is 9.59 Å². The van der Waals surface area contributed by atoms with Gasteiger partial charge in [0.05, 0.1) is 34.7 Å². The zero-order chi connectivity index (χ0) is 17.2. The number of hydrogen-bond donors (Lipinski definition) is 0. The Morgan fingerprint density at radius 1 is 0.792 bits per heavy atom. The minimum atomic E-state index is -0.287. The Labute approximate surface area is 153 Å². The molecule has 8 atom stereocenters. The summed E-state index contributed by atoms with van der Waals surface area (Å²) in [5.74, 6) is 0.251. The van der Waals surface area contributed by atoms with Crippen LogP contribution < -0.4 is 0 Å². The molecule has 2 aliphatic heterocycles. The molecule has 2 saturated carbocycles. The average molecular weight is 373 g/mol. The van der Waals surface area contributed by atoms with Crippen molar-refractivity contribution in [3.05, 3.63) is 0 Å². The number of alkyl halides is 2. The zero-order valence-corrected chi connectivity index (χ0v) is 15.8. The first-order valence-electron chi connectivity index (χ1n) is 9.43. The van der Waals surface area contributed by atoms with E-state index >= 15 is 0 Å². The lowest BCUT2D eigenvalue weighted by Gasteiger charge is -2.41. The highest BCUT2D eigenvalue weighted by Gasteiger charge is 2.75. The summed E-state index contributed by atoms with van der Waals surface area (Å²) in [6, 6.07) is -0.114. The Hall–Kier alpha value is -0.480. The van der Waals surface area contributed by atoms with Crippen LogP contribution in [-0.4, -0.2) is 57.5 Å². The number of nitrogens with zero attached hydrogens (tertiary/aromatic N) is 2. The lowest BCUT2D eigenvalue weighted by atomic mass is 9.87. The molecule has 0 aromatic rings. The van der Waals surface area contributed by atoms with Crippen LogP contribution >= 0.6 is 23.2 Å². The summed E-state index contributed by atoms with van der Waals surface area (Å²) in [6.45, 7) is 5.71. The van der Waals surface area contributed by atoms with E-state index in [2.05, 4.69) is 13.8 Å². The molecule has 4 fully saturated rings. The van der Waals surface area contributed by atoms with Crippen molar-refractivity contribution in [1.29, 1.82) is 0 Å². The first-order chi connectivity index (χ1) is 11.5. The normalized spacial score (nSPS) is 45.7. The van der Waals surface area contributed by atoms with Gasteiger partial charge in [0, 0.05) is 13.1 Å². The number of hydrogen-bond acceptors (Lipinski definition) is 2. The topological polar surface area (TPSA) is 40.6 Å². The second-order valence-corrected chi connectivity index (χ2v) is 8.85. The van der Waals surface area contributed by atoms with Gasteiger partial charge in [-0.15, -0.1) is 23.2 Å². The fourth-order valence-corrected chi connectivity index (χ4v) is 7.03. The van der Waals surface area contributed by atoms with Crippen molar-refractivity contribution in [2.75, 3.05) is 13.1 Å². The van der Waals surface area contributed by atoms with E-state index < -0.39 is 0 Å². The molecular weight excluding hydrogens is 347 g/mol. The van der Waals surface area contributed by atoms with Crippen molar-refractivity contribution in [2.45, 2.75) is 62.4 Å². The van der Waals surface area contributed by atoms with Crippen molar-refractivity contribution in [3.63, 3.8) is 0 Å². The predicted molar refractivity (Wildman–Crippen MR) is 94.1 cm³/mol. The van der Waals surface area contributed by atoms with Gasteiger partial charge in [0.1, 0.15) is 0 Å². The molecule has 2 unspecified atom stereocenters. The number of carbonyl (C=O) groups is 2. The molecule has 0 spiro atoms. The van der Waals surface area contributed by atoms with Crippen LogP contribution in [0.5, 0.6) is 0 Å². The average Bonchev–Trinajstić information content (AvgIpc) is 3.09. The monoisotopic (exact) mass is 372 g/mol. The lowest BCUT2D eigenvalue weighted by Crippen LogP contribution is -2.57. The standard InChI is InChI=1S/C18H26Cl2N2O2/c1-3-5-7-21-15-10-9-11(14(15)20)17(23)22(8-6-4-2)16(13(9)19)12(10)18(21)24/h9-16H,3-8H2,1-2H3/t9?,10?,11-,12-,13+,14+,15+,16-/m1/s1. The molecular formula is C18H26Cl2N2O2. The van der Waals surface area contributed by atoms with E-state index in [1.165, 1.54) is 0 Å². The summed E-state index contributed by atoms with van der Waals surface area (Å²) in [7, 11) is 0. The molecule has 0 N–H and O–H groups in total. The van der Waals surface area contributed by atoms with E-state index in [0.29, 0.717) is 6.54 Å². The molecule has 2 aliphatic carbocycles. The van der Waals surface area contributed by atoms with Gasteiger partial charge in [0.25, 0.3) is 0 Å². The van der Waals surface area contributed by atoms with Gasteiger partial charge in [0.2, 0.25) is 11.8 Å². The molecule has 24 heavy (non-hydrogen) atoms. The van der Waals surface area contributed by atoms with Crippen LogP contribution in [0.3, 0.4) is 0 Å². The van der Waals surface area contributed by atoms with E-state index in [1.807, 2.05) is 9.80 Å². The molecule has 0 aromatic heterocycles. The lowest BCUT2D eigenvalue weighted by molar-refractivity contribution is -0.142. The van der Waals surface area contributed by atoms with E-state index in [-0.39, 0.29) is 58.3 Å². The number of halogens is 2. The fourth-order valence-electron chi connectivity index (χ4n) is 5.83. The Kier molecular flexibility index (Phi) is 4.28. The quantitative estimate of drug-likeness (QED) is 0.672. The van der Waals surface area contributed by atoms with Crippen molar-refractivity contribution in [3.8, 4) is 0 Å². The second-order valence-electron chi connectivity index (χ2n) is 7.85. The van der Waals surface area contributed by atoms with Crippen LogP contribution in [0.15, 0.2) is 0 Å². The van der Waals surface area contributed by atoms with Crippen molar-refractivity contribution in [2.24, 2.45) is 23.7 Å². The van der Waals surface area contributed by atoms with Gasteiger partial charge in [-0.2, -0.15) is 0 Å². The Morgan fingerprint density at radius 3 is 1.92 bits per heavy atom. The van der Waals surface area contributed by atoms with Gasteiger partial charge in [-0.1, -0.05) is 26.7 Å². The first kappa shape index (κ1) is 17.0. The Balaban J connectivity index is 1.72. The SMILES string of the molecule is CCCCN1C(=O)[C@@H]2C3C4[C@@H](C(=O)N(CCCC)[C@@H]4[C@H]2Cl)[C@@H]1[C@H]3Cl. The number of fused-ring (bicyclic) bond motifs is 2. The summed E-state index contributed by atoms with van der Waals surface area (Å²) in [4.78, 5) is 30.2. The van der Waals surface area contributed by atoms with Crippen LogP contribution in [-0.2, 0) is 9.59 Å². The minimum Gasteiger partial charge on any atom is -0.338 e.